The molecule has 0 spiro atoms. The van der Waals surface area contributed by atoms with Gasteiger partial charge in [-0.15, -0.1) is 0 Å². The summed E-state index contributed by atoms with van der Waals surface area (Å²) in [7, 11) is 1.63. The fourth-order valence-corrected chi connectivity index (χ4v) is 2.60. The van der Waals surface area contributed by atoms with Crippen molar-refractivity contribution in [2.24, 2.45) is 0 Å². The first-order chi connectivity index (χ1) is 11.7. The van der Waals surface area contributed by atoms with E-state index >= 15 is 0 Å². The van der Waals surface area contributed by atoms with Crippen molar-refractivity contribution in [1.29, 1.82) is 0 Å². The van der Waals surface area contributed by atoms with Crippen LogP contribution in [0.25, 0.3) is 11.3 Å². The van der Waals surface area contributed by atoms with Crippen molar-refractivity contribution >= 4 is 0 Å². The van der Waals surface area contributed by atoms with E-state index in [-0.39, 0.29) is 0 Å². The van der Waals surface area contributed by atoms with Gasteiger partial charge in [0.05, 0.1) is 26.0 Å². The molecule has 2 aromatic rings. The predicted molar refractivity (Wildman–Crippen MR) is 88.8 cm³/mol. The summed E-state index contributed by atoms with van der Waals surface area (Å²) in [6.45, 7) is 3.15. The lowest BCUT2D eigenvalue weighted by molar-refractivity contribution is -0.0265. The summed E-state index contributed by atoms with van der Waals surface area (Å²) in [5.41, 5.74) is 0.820. The molecule has 1 aromatic heterocycles. The Hall–Kier alpha value is -1.93. The third-order valence-corrected chi connectivity index (χ3v) is 3.94. The van der Waals surface area contributed by atoms with Gasteiger partial charge in [-0.3, -0.25) is 0 Å². The van der Waals surface area contributed by atoms with Crippen LogP contribution < -0.4 is 15.4 Å². The molecule has 3 rings (SSSR count). The third kappa shape index (κ3) is 4.33. The number of aromatic nitrogens is 1. The molecule has 3 N–H and O–H groups in total. The van der Waals surface area contributed by atoms with E-state index in [1.54, 1.807) is 7.11 Å². The van der Waals surface area contributed by atoms with Crippen molar-refractivity contribution in [3.63, 3.8) is 0 Å². The Bertz CT molecular complexity index is 634. The van der Waals surface area contributed by atoms with E-state index in [0.29, 0.717) is 38.6 Å². The Balaban J connectivity index is 1.54. The van der Waals surface area contributed by atoms with Crippen molar-refractivity contribution in [2.45, 2.75) is 12.1 Å². The molecule has 0 bridgehead atoms. The van der Waals surface area contributed by atoms with Gasteiger partial charge < -0.3 is 29.7 Å². The van der Waals surface area contributed by atoms with E-state index in [1.807, 2.05) is 30.3 Å². The highest BCUT2D eigenvalue weighted by Gasteiger charge is 2.28. The highest BCUT2D eigenvalue weighted by atomic mass is 16.5. The minimum absolute atomic E-state index is 0.322. The zero-order valence-electron chi connectivity index (χ0n) is 13.7. The van der Waals surface area contributed by atoms with E-state index in [1.165, 1.54) is 0 Å². The van der Waals surface area contributed by atoms with Crippen molar-refractivity contribution in [2.75, 3.05) is 40.0 Å². The number of aliphatic hydroxyl groups is 1. The van der Waals surface area contributed by atoms with Crippen LogP contribution in [0.15, 0.2) is 34.9 Å². The summed E-state index contributed by atoms with van der Waals surface area (Å²) >= 11 is 0. The average molecular weight is 333 g/mol. The minimum Gasteiger partial charge on any atom is -0.497 e. The topological polar surface area (TPSA) is 88.8 Å². The second kappa shape index (κ2) is 7.76. The lowest BCUT2D eigenvalue weighted by Crippen LogP contribution is -2.50. The molecule has 1 aliphatic rings. The molecule has 1 atom stereocenters. The summed E-state index contributed by atoms with van der Waals surface area (Å²) in [4.78, 5) is 0. The van der Waals surface area contributed by atoms with Gasteiger partial charge in [-0.05, 0) is 24.3 Å². The monoisotopic (exact) mass is 333 g/mol. The predicted octanol–water partition coefficient (Wildman–Crippen LogP) is 0.791. The molecule has 0 radical (unpaired) electrons. The number of benzene rings is 1. The highest BCUT2D eigenvalue weighted by Crippen LogP contribution is 2.23. The summed E-state index contributed by atoms with van der Waals surface area (Å²) in [5.74, 6) is 1.50. The molecule has 0 saturated carbocycles. The smallest absolute Gasteiger partial charge is 0.167 e. The maximum Gasteiger partial charge on any atom is 0.167 e. The van der Waals surface area contributed by atoms with Crippen LogP contribution >= 0.6 is 0 Å². The van der Waals surface area contributed by atoms with Gasteiger partial charge in [0.25, 0.3) is 0 Å². The quantitative estimate of drug-likeness (QED) is 0.720. The third-order valence-electron chi connectivity index (χ3n) is 3.94. The van der Waals surface area contributed by atoms with Crippen LogP contribution in [0.5, 0.6) is 5.75 Å². The Labute approximate surface area is 140 Å². The summed E-state index contributed by atoms with van der Waals surface area (Å²) in [6, 6.07) is 9.50. The van der Waals surface area contributed by atoms with E-state index in [9.17, 15) is 5.11 Å². The second-order valence-corrected chi connectivity index (χ2v) is 5.97. The fourth-order valence-electron chi connectivity index (χ4n) is 2.60. The summed E-state index contributed by atoms with van der Waals surface area (Å²) < 4.78 is 15.9. The van der Waals surface area contributed by atoms with Gasteiger partial charge in [0.1, 0.15) is 11.4 Å². The van der Waals surface area contributed by atoms with E-state index in [0.717, 1.165) is 23.6 Å². The van der Waals surface area contributed by atoms with E-state index in [4.69, 9.17) is 14.0 Å². The number of β-amino-alcohol motifs (C(OH)–C–C–N with tert-alkyl or cyclic N) is 1. The molecule has 2 heterocycles. The molecular formula is C17H23N3O4. The largest absolute Gasteiger partial charge is 0.497 e. The first-order valence-electron chi connectivity index (χ1n) is 8.00. The molecular weight excluding hydrogens is 310 g/mol. The first kappa shape index (κ1) is 16.9. The zero-order chi connectivity index (χ0) is 16.8. The van der Waals surface area contributed by atoms with Crippen molar-refractivity contribution in [3.8, 4) is 17.1 Å². The first-order valence-corrected chi connectivity index (χ1v) is 8.00. The van der Waals surface area contributed by atoms with Gasteiger partial charge in [-0.2, -0.15) is 0 Å². The number of rotatable bonds is 6. The van der Waals surface area contributed by atoms with Crippen molar-refractivity contribution in [3.05, 3.63) is 36.0 Å². The zero-order valence-corrected chi connectivity index (χ0v) is 13.7. The second-order valence-electron chi connectivity index (χ2n) is 5.97. The molecule has 1 unspecified atom stereocenters. The number of ether oxygens (including phenoxy) is 2. The number of hydrogen-bond donors (Lipinski definition) is 3. The SMILES string of the molecule is COc1ccc(-c2cc(CNCC3(O)CNCCOC3)no2)cc1. The van der Waals surface area contributed by atoms with Crippen LogP contribution in [0.1, 0.15) is 5.69 Å². The molecule has 7 heteroatoms. The van der Waals surface area contributed by atoms with Crippen LogP contribution in [0.2, 0.25) is 0 Å². The molecule has 1 saturated heterocycles. The molecule has 7 nitrogen and oxygen atoms in total. The van der Waals surface area contributed by atoms with Crippen LogP contribution in [0.3, 0.4) is 0 Å². The normalized spacial score (nSPS) is 21.4. The number of hydrogen-bond acceptors (Lipinski definition) is 7. The summed E-state index contributed by atoms with van der Waals surface area (Å²) in [5, 5.41) is 20.9. The van der Waals surface area contributed by atoms with Gasteiger partial charge in [0.15, 0.2) is 5.76 Å². The van der Waals surface area contributed by atoms with Crippen molar-refractivity contribution in [1.82, 2.24) is 15.8 Å². The fraction of sp³-hybridized carbons (Fsp3) is 0.471. The molecule has 130 valence electrons. The molecule has 0 amide bonds. The lowest BCUT2D eigenvalue weighted by Gasteiger charge is -2.25. The number of nitrogens with one attached hydrogen (secondary N) is 2. The Morgan fingerprint density at radius 2 is 2.21 bits per heavy atom. The maximum absolute atomic E-state index is 10.5. The van der Waals surface area contributed by atoms with Crippen LogP contribution in [0, 0.1) is 0 Å². The minimum atomic E-state index is -0.904. The molecule has 1 fully saturated rings. The summed E-state index contributed by atoms with van der Waals surface area (Å²) in [6.07, 6.45) is 0. The highest BCUT2D eigenvalue weighted by molar-refractivity contribution is 5.58. The molecule has 0 aliphatic carbocycles. The van der Waals surface area contributed by atoms with E-state index < -0.39 is 5.60 Å². The average Bonchev–Trinajstić information content (AvgIpc) is 2.96. The van der Waals surface area contributed by atoms with Crippen molar-refractivity contribution < 1.29 is 19.1 Å². The van der Waals surface area contributed by atoms with Gasteiger partial charge in [0.2, 0.25) is 0 Å². The molecule has 1 aliphatic heterocycles. The van der Waals surface area contributed by atoms with E-state index in [2.05, 4.69) is 15.8 Å². The Morgan fingerprint density at radius 1 is 1.38 bits per heavy atom. The standard InChI is InChI=1S/C17H23N3O4/c1-22-15-4-2-13(3-5-15)16-8-14(20-24-16)9-19-11-17(21)10-18-6-7-23-12-17/h2-5,8,18-19,21H,6-7,9-12H2,1H3. The van der Waals surface area contributed by atoms with Crippen LogP contribution in [-0.4, -0.2) is 55.8 Å². The van der Waals surface area contributed by atoms with Gasteiger partial charge in [-0.25, -0.2) is 0 Å². The van der Waals surface area contributed by atoms with Gasteiger partial charge >= 0.3 is 0 Å². The maximum atomic E-state index is 10.5. The van der Waals surface area contributed by atoms with Crippen LogP contribution in [-0.2, 0) is 11.3 Å². The molecule has 24 heavy (non-hydrogen) atoms. The number of nitrogens with zero attached hydrogens (tertiary/aromatic N) is 1. The van der Waals surface area contributed by atoms with Gasteiger partial charge in [-0.1, -0.05) is 5.16 Å². The Kier molecular flexibility index (Phi) is 5.47. The lowest BCUT2D eigenvalue weighted by atomic mass is 10.1. The Morgan fingerprint density at radius 3 is 3.00 bits per heavy atom. The number of methoxy groups -OCH3 is 1. The van der Waals surface area contributed by atoms with Gasteiger partial charge in [0, 0.05) is 37.8 Å². The molecule has 1 aromatic carbocycles. The van der Waals surface area contributed by atoms with Crippen LogP contribution in [0.4, 0.5) is 0 Å².